The third kappa shape index (κ3) is 3.28. The van der Waals surface area contributed by atoms with E-state index in [1.165, 1.54) is 11.3 Å². The summed E-state index contributed by atoms with van der Waals surface area (Å²) in [4.78, 5) is 15.3. The van der Waals surface area contributed by atoms with E-state index in [-0.39, 0.29) is 11.8 Å². The number of hydrogen-bond donors (Lipinski definition) is 3. The van der Waals surface area contributed by atoms with Gasteiger partial charge in [-0.05, 0) is 53.5 Å². The van der Waals surface area contributed by atoms with Crippen molar-refractivity contribution in [2.75, 3.05) is 36.4 Å². The van der Waals surface area contributed by atoms with Crippen LogP contribution in [0.25, 0.3) is 23.1 Å². The molecule has 3 aromatic carbocycles. The van der Waals surface area contributed by atoms with Gasteiger partial charge in [0.2, 0.25) is 5.91 Å². The number of nitrogens with one attached hydrogen (secondary N) is 3. The SMILES string of the molecule is O=C1Nc2ccccc2C12CC2c1ccc2c(/C=C/c3ccc(N4CCNCC4)cc3)n[nH]c2c1. The van der Waals surface area contributed by atoms with Crippen molar-refractivity contribution < 1.29 is 4.79 Å². The summed E-state index contributed by atoms with van der Waals surface area (Å²) in [5.41, 5.74) is 7.22. The Kier molecular flexibility index (Phi) is 4.57. The number of carbonyl (C=O) groups is 1. The number of aromatic amines is 1. The van der Waals surface area contributed by atoms with Gasteiger partial charge < -0.3 is 15.5 Å². The molecule has 2 aliphatic heterocycles. The highest BCUT2D eigenvalue weighted by molar-refractivity contribution is 6.09. The first-order valence-corrected chi connectivity index (χ1v) is 12.4. The molecular formula is C29H27N5O. The minimum Gasteiger partial charge on any atom is -0.369 e. The minimum absolute atomic E-state index is 0.125. The number of aromatic nitrogens is 2. The monoisotopic (exact) mass is 461 g/mol. The molecule has 2 fully saturated rings. The Morgan fingerprint density at radius 3 is 2.66 bits per heavy atom. The number of hydrogen-bond acceptors (Lipinski definition) is 4. The number of amides is 1. The van der Waals surface area contributed by atoms with Gasteiger partial charge in [0.1, 0.15) is 0 Å². The zero-order valence-electron chi connectivity index (χ0n) is 19.4. The first-order valence-electron chi connectivity index (χ1n) is 12.4. The number of piperazine rings is 1. The molecule has 1 amide bonds. The van der Waals surface area contributed by atoms with Gasteiger partial charge in [-0.15, -0.1) is 0 Å². The number of nitrogens with zero attached hydrogens (tertiary/aromatic N) is 2. The zero-order valence-corrected chi connectivity index (χ0v) is 19.4. The van der Waals surface area contributed by atoms with Crippen molar-refractivity contribution in [3.8, 4) is 0 Å². The smallest absolute Gasteiger partial charge is 0.235 e. The molecule has 2 unspecified atom stereocenters. The molecule has 4 aromatic rings. The Labute approximate surface area is 204 Å². The normalized spacial score (nSPS) is 23.3. The van der Waals surface area contributed by atoms with Crippen molar-refractivity contribution in [2.45, 2.75) is 17.8 Å². The minimum atomic E-state index is -0.413. The summed E-state index contributed by atoms with van der Waals surface area (Å²) in [5.74, 6) is 0.326. The molecule has 7 rings (SSSR count). The van der Waals surface area contributed by atoms with Gasteiger partial charge >= 0.3 is 0 Å². The second-order valence-corrected chi connectivity index (χ2v) is 9.80. The lowest BCUT2D eigenvalue weighted by molar-refractivity contribution is -0.118. The van der Waals surface area contributed by atoms with E-state index in [4.69, 9.17) is 0 Å². The standard InChI is InChI=1S/C29H27N5O/c35-28-29(23-3-1-2-4-26(23)31-28)18-24(29)20-8-11-22-25(32-33-27(22)17-20)12-7-19-5-9-21(10-6-19)34-15-13-30-14-16-34/h1-12,17,24,30H,13-16,18H2,(H,31,35)(H,32,33)/b12-7+. The number of para-hydroxylation sites is 1. The summed E-state index contributed by atoms with van der Waals surface area (Å²) in [5, 5.41) is 15.3. The van der Waals surface area contributed by atoms with Gasteiger partial charge in [-0.2, -0.15) is 5.10 Å². The largest absolute Gasteiger partial charge is 0.369 e. The van der Waals surface area contributed by atoms with E-state index in [9.17, 15) is 4.79 Å². The van der Waals surface area contributed by atoms with Crippen molar-refractivity contribution in [1.82, 2.24) is 15.5 Å². The number of anilines is 2. The van der Waals surface area contributed by atoms with Crippen LogP contribution in [-0.4, -0.2) is 42.3 Å². The third-order valence-electron chi connectivity index (χ3n) is 7.85. The van der Waals surface area contributed by atoms with Crippen molar-refractivity contribution in [1.29, 1.82) is 0 Å². The first-order chi connectivity index (χ1) is 17.2. The molecule has 1 aliphatic carbocycles. The molecular weight excluding hydrogens is 434 g/mol. The van der Waals surface area contributed by atoms with Crippen LogP contribution in [0.1, 0.15) is 34.7 Å². The molecule has 6 nitrogen and oxygen atoms in total. The van der Waals surface area contributed by atoms with Crippen molar-refractivity contribution in [3.05, 3.63) is 89.1 Å². The maximum Gasteiger partial charge on any atom is 0.235 e. The molecule has 3 heterocycles. The van der Waals surface area contributed by atoms with Crippen LogP contribution in [0.5, 0.6) is 0 Å². The molecule has 35 heavy (non-hydrogen) atoms. The van der Waals surface area contributed by atoms with E-state index in [0.717, 1.165) is 66.0 Å². The third-order valence-corrected chi connectivity index (χ3v) is 7.85. The predicted octanol–water partition coefficient (Wildman–Crippen LogP) is 4.52. The summed E-state index contributed by atoms with van der Waals surface area (Å²) in [7, 11) is 0. The fourth-order valence-electron chi connectivity index (χ4n) is 5.85. The van der Waals surface area contributed by atoms with Gasteiger partial charge in [0.25, 0.3) is 0 Å². The Hall–Kier alpha value is -3.90. The molecule has 1 spiro atoms. The molecule has 1 saturated heterocycles. The highest BCUT2D eigenvalue weighted by atomic mass is 16.2. The van der Waals surface area contributed by atoms with E-state index < -0.39 is 5.41 Å². The number of fused-ring (bicyclic) bond motifs is 3. The van der Waals surface area contributed by atoms with Gasteiger partial charge in [-0.3, -0.25) is 9.89 Å². The molecule has 174 valence electrons. The van der Waals surface area contributed by atoms with Crippen molar-refractivity contribution >= 4 is 40.3 Å². The highest BCUT2D eigenvalue weighted by Crippen LogP contribution is 2.64. The van der Waals surface area contributed by atoms with Gasteiger partial charge in [-0.25, -0.2) is 0 Å². The Balaban J connectivity index is 1.11. The Bertz CT molecular complexity index is 1460. The average Bonchev–Trinajstić information content (AvgIpc) is 3.44. The molecule has 3 N–H and O–H groups in total. The number of benzene rings is 3. The fourth-order valence-corrected chi connectivity index (χ4v) is 5.85. The average molecular weight is 462 g/mol. The lowest BCUT2D eigenvalue weighted by Gasteiger charge is -2.29. The first kappa shape index (κ1) is 20.5. The van der Waals surface area contributed by atoms with Crippen LogP contribution < -0.4 is 15.5 Å². The van der Waals surface area contributed by atoms with Crippen LogP contribution in [0.3, 0.4) is 0 Å². The predicted molar refractivity (Wildman–Crippen MR) is 141 cm³/mol. The van der Waals surface area contributed by atoms with Crippen LogP contribution in [0, 0.1) is 0 Å². The quantitative estimate of drug-likeness (QED) is 0.418. The summed E-state index contributed by atoms with van der Waals surface area (Å²) >= 11 is 0. The summed E-state index contributed by atoms with van der Waals surface area (Å²) in [6.45, 7) is 4.18. The molecule has 1 saturated carbocycles. The highest BCUT2D eigenvalue weighted by Gasteiger charge is 2.65. The van der Waals surface area contributed by atoms with Crippen LogP contribution in [0.4, 0.5) is 11.4 Å². The van der Waals surface area contributed by atoms with Crippen LogP contribution in [0.15, 0.2) is 66.7 Å². The number of carbonyl (C=O) groups excluding carboxylic acids is 1. The summed E-state index contributed by atoms with van der Waals surface area (Å²) in [6.07, 6.45) is 5.03. The lowest BCUT2D eigenvalue weighted by Crippen LogP contribution is -2.43. The van der Waals surface area contributed by atoms with E-state index in [1.54, 1.807) is 0 Å². The summed E-state index contributed by atoms with van der Waals surface area (Å²) in [6, 6.07) is 23.2. The van der Waals surface area contributed by atoms with E-state index in [1.807, 2.05) is 18.2 Å². The summed E-state index contributed by atoms with van der Waals surface area (Å²) < 4.78 is 0. The maximum atomic E-state index is 12.9. The fraction of sp³-hybridized carbons (Fsp3) is 0.241. The molecule has 3 aliphatic rings. The van der Waals surface area contributed by atoms with E-state index >= 15 is 0 Å². The molecule has 0 radical (unpaired) electrons. The Morgan fingerprint density at radius 2 is 1.80 bits per heavy atom. The number of rotatable bonds is 4. The van der Waals surface area contributed by atoms with Gasteiger partial charge in [0.05, 0.1) is 16.6 Å². The van der Waals surface area contributed by atoms with Gasteiger partial charge in [-0.1, -0.05) is 48.5 Å². The second-order valence-electron chi connectivity index (χ2n) is 9.80. The molecule has 6 heteroatoms. The number of H-pyrrole nitrogens is 1. The van der Waals surface area contributed by atoms with E-state index in [2.05, 4.69) is 86.4 Å². The molecule has 1 aromatic heterocycles. The van der Waals surface area contributed by atoms with E-state index in [0.29, 0.717) is 0 Å². The molecule has 2 atom stereocenters. The molecule has 0 bridgehead atoms. The Morgan fingerprint density at radius 1 is 0.971 bits per heavy atom. The van der Waals surface area contributed by atoms with Crippen molar-refractivity contribution in [3.63, 3.8) is 0 Å². The van der Waals surface area contributed by atoms with Crippen LogP contribution in [-0.2, 0) is 10.2 Å². The van der Waals surface area contributed by atoms with Crippen LogP contribution in [0.2, 0.25) is 0 Å². The van der Waals surface area contributed by atoms with Crippen molar-refractivity contribution in [2.24, 2.45) is 0 Å². The van der Waals surface area contributed by atoms with Crippen LogP contribution >= 0.6 is 0 Å². The lowest BCUT2D eigenvalue weighted by atomic mass is 9.92. The zero-order chi connectivity index (χ0) is 23.4. The maximum absolute atomic E-state index is 12.9. The van der Waals surface area contributed by atoms with Gasteiger partial charge in [0.15, 0.2) is 0 Å². The second kappa shape index (κ2) is 7.82. The topological polar surface area (TPSA) is 73.1 Å². The van der Waals surface area contributed by atoms with Gasteiger partial charge in [0, 0.05) is 48.9 Å².